The highest BCUT2D eigenvalue weighted by molar-refractivity contribution is 14.1. The Morgan fingerprint density at radius 1 is 1.53 bits per heavy atom. The first kappa shape index (κ1) is 13.0. The van der Waals surface area contributed by atoms with Crippen LogP contribution in [0.5, 0.6) is 0 Å². The molecule has 0 saturated heterocycles. The summed E-state index contributed by atoms with van der Waals surface area (Å²) in [7, 11) is 0. The van der Waals surface area contributed by atoms with E-state index in [4.69, 9.17) is 4.74 Å². The molecule has 0 spiro atoms. The van der Waals surface area contributed by atoms with Gasteiger partial charge < -0.3 is 4.74 Å². The Labute approximate surface area is 105 Å². The molecule has 0 amide bonds. The molecular weight excluding hydrogens is 303 g/mol. The third-order valence-corrected chi connectivity index (χ3v) is 2.83. The second-order valence-electron chi connectivity index (χ2n) is 4.09. The fourth-order valence-corrected chi connectivity index (χ4v) is 1.90. The number of aromatic nitrogens is 2. The molecule has 0 aromatic carbocycles. The molecule has 0 N–H and O–H groups in total. The van der Waals surface area contributed by atoms with E-state index in [-0.39, 0.29) is 0 Å². The number of ether oxygens (including phenoxy) is 1. The maximum atomic E-state index is 5.49. The first-order chi connectivity index (χ1) is 7.13. The van der Waals surface area contributed by atoms with Crippen LogP contribution in [0.15, 0.2) is 6.20 Å². The largest absolute Gasteiger partial charge is 0.375 e. The van der Waals surface area contributed by atoms with Gasteiger partial charge in [-0.2, -0.15) is 5.10 Å². The van der Waals surface area contributed by atoms with Crippen LogP contribution in [-0.2, 0) is 17.9 Å². The molecule has 0 saturated carbocycles. The average Bonchev–Trinajstić information content (AvgIpc) is 2.46. The summed E-state index contributed by atoms with van der Waals surface area (Å²) in [5.74, 6) is 0.630. The topological polar surface area (TPSA) is 27.1 Å². The SMILES string of the molecule is CCCOCc1nn(CC(C)C)cc1I. The number of halogens is 1. The molecule has 86 valence electrons. The number of nitrogens with zero attached hydrogens (tertiary/aromatic N) is 2. The van der Waals surface area contributed by atoms with Gasteiger partial charge in [-0.05, 0) is 34.9 Å². The fourth-order valence-electron chi connectivity index (χ4n) is 1.32. The highest BCUT2D eigenvalue weighted by atomic mass is 127. The average molecular weight is 322 g/mol. The summed E-state index contributed by atoms with van der Waals surface area (Å²) in [6, 6.07) is 0. The first-order valence-corrected chi connectivity index (χ1v) is 6.51. The van der Waals surface area contributed by atoms with Crippen LogP contribution in [-0.4, -0.2) is 16.4 Å². The summed E-state index contributed by atoms with van der Waals surface area (Å²) in [5.41, 5.74) is 1.06. The lowest BCUT2D eigenvalue weighted by atomic mass is 10.2. The van der Waals surface area contributed by atoms with Gasteiger partial charge in [0, 0.05) is 19.3 Å². The van der Waals surface area contributed by atoms with Gasteiger partial charge in [0.2, 0.25) is 0 Å². The molecule has 1 aromatic rings. The summed E-state index contributed by atoms with van der Waals surface area (Å²) in [4.78, 5) is 0. The Morgan fingerprint density at radius 2 is 2.27 bits per heavy atom. The molecule has 1 heterocycles. The minimum Gasteiger partial charge on any atom is -0.375 e. The van der Waals surface area contributed by atoms with Crippen LogP contribution in [0.4, 0.5) is 0 Å². The molecule has 1 aromatic heterocycles. The van der Waals surface area contributed by atoms with Crippen LogP contribution in [0.2, 0.25) is 0 Å². The Bertz CT molecular complexity index is 297. The molecule has 0 aliphatic heterocycles. The summed E-state index contributed by atoms with van der Waals surface area (Å²) in [5, 5.41) is 4.51. The van der Waals surface area contributed by atoms with Gasteiger partial charge in [-0.3, -0.25) is 4.68 Å². The van der Waals surface area contributed by atoms with E-state index >= 15 is 0 Å². The highest BCUT2D eigenvalue weighted by Crippen LogP contribution is 2.12. The molecule has 15 heavy (non-hydrogen) atoms. The van der Waals surface area contributed by atoms with Crippen molar-refractivity contribution in [3.8, 4) is 0 Å². The van der Waals surface area contributed by atoms with Gasteiger partial charge in [0.1, 0.15) is 5.69 Å². The van der Waals surface area contributed by atoms with E-state index in [9.17, 15) is 0 Å². The zero-order valence-corrected chi connectivity index (χ0v) is 11.8. The van der Waals surface area contributed by atoms with Crippen LogP contribution >= 0.6 is 22.6 Å². The van der Waals surface area contributed by atoms with E-state index in [1.165, 1.54) is 3.57 Å². The molecule has 0 aliphatic rings. The van der Waals surface area contributed by atoms with E-state index in [2.05, 4.69) is 54.7 Å². The molecule has 0 bridgehead atoms. The van der Waals surface area contributed by atoms with Crippen LogP contribution in [0.25, 0.3) is 0 Å². The highest BCUT2D eigenvalue weighted by Gasteiger charge is 2.07. The molecule has 0 radical (unpaired) electrons. The quantitative estimate of drug-likeness (QED) is 0.594. The molecule has 0 unspecified atom stereocenters. The van der Waals surface area contributed by atoms with Crippen LogP contribution in [0.1, 0.15) is 32.9 Å². The molecule has 3 nitrogen and oxygen atoms in total. The summed E-state index contributed by atoms with van der Waals surface area (Å²) in [6.07, 6.45) is 3.15. The summed E-state index contributed by atoms with van der Waals surface area (Å²) < 4.78 is 8.70. The zero-order valence-electron chi connectivity index (χ0n) is 9.66. The Hall–Kier alpha value is -0.100. The summed E-state index contributed by atoms with van der Waals surface area (Å²) >= 11 is 2.32. The lowest BCUT2D eigenvalue weighted by Crippen LogP contribution is -2.05. The molecule has 0 fully saturated rings. The van der Waals surface area contributed by atoms with E-state index in [1.54, 1.807) is 0 Å². The van der Waals surface area contributed by atoms with Crippen LogP contribution in [0, 0.1) is 9.49 Å². The van der Waals surface area contributed by atoms with Crippen molar-refractivity contribution in [2.75, 3.05) is 6.61 Å². The van der Waals surface area contributed by atoms with Gasteiger partial charge in [0.15, 0.2) is 0 Å². The zero-order chi connectivity index (χ0) is 11.3. The third-order valence-electron chi connectivity index (χ3n) is 1.93. The second-order valence-corrected chi connectivity index (χ2v) is 5.25. The van der Waals surface area contributed by atoms with Gasteiger partial charge in [-0.25, -0.2) is 0 Å². The van der Waals surface area contributed by atoms with E-state index in [0.29, 0.717) is 12.5 Å². The van der Waals surface area contributed by atoms with Crippen molar-refractivity contribution in [2.24, 2.45) is 5.92 Å². The molecule has 4 heteroatoms. The number of rotatable bonds is 6. The fraction of sp³-hybridized carbons (Fsp3) is 0.727. The maximum absolute atomic E-state index is 5.49. The predicted molar refractivity (Wildman–Crippen MR) is 69.7 cm³/mol. The Balaban J connectivity index is 2.53. The lowest BCUT2D eigenvalue weighted by Gasteiger charge is -2.03. The third kappa shape index (κ3) is 4.51. The monoisotopic (exact) mass is 322 g/mol. The molecule has 1 rings (SSSR count). The Morgan fingerprint density at radius 3 is 2.87 bits per heavy atom. The van der Waals surface area contributed by atoms with Gasteiger partial charge >= 0.3 is 0 Å². The Kier molecular flexibility index (Phi) is 5.60. The van der Waals surface area contributed by atoms with Gasteiger partial charge in [0.05, 0.1) is 10.2 Å². The van der Waals surface area contributed by atoms with E-state index < -0.39 is 0 Å². The number of hydrogen-bond donors (Lipinski definition) is 0. The minimum absolute atomic E-state index is 0.630. The van der Waals surface area contributed by atoms with Crippen molar-refractivity contribution in [2.45, 2.75) is 40.3 Å². The molecular formula is C11H19IN2O. The van der Waals surface area contributed by atoms with E-state index in [0.717, 1.165) is 25.3 Å². The van der Waals surface area contributed by atoms with Crippen molar-refractivity contribution in [1.82, 2.24) is 9.78 Å². The van der Waals surface area contributed by atoms with Crippen molar-refractivity contribution in [3.05, 3.63) is 15.5 Å². The predicted octanol–water partition coefficient (Wildman–Crippen LogP) is 3.07. The van der Waals surface area contributed by atoms with E-state index in [1.807, 2.05) is 4.68 Å². The second kappa shape index (κ2) is 6.48. The van der Waals surface area contributed by atoms with Gasteiger partial charge in [-0.1, -0.05) is 20.8 Å². The van der Waals surface area contributed by atoms with Crippen molar-refractivity contribution in [3.63, 3.8) is 0 Å². The van der Waals surface area contributed by atoms with Crippen LogP contribution in [0.3, 0.4) is 0 Å². The first-order valence-electron chi connectivity index (χ1n) is 5.43. The normalized spacial score (nSPS) is 11.3. The molecule has 0 atom stereocenters. The van der Waals surface area contributed by atoms with Gasteiger partial charge in [0.25, 0.3) is 0 Å². The smallest absolute Gasteiger partial charge is 0.101 e. The van der Waals surface area contributed by atoms with Crippen molar-refractivity contribution in [1.29, 1.82) is 0 Å². The van der Waals surface area contributed by atoms with Crippen LogP contribution < -0.4 is 0 Å². The van der Waals surface area contributed by atoms with Crippen molar-refractivity contribution < 1.29 is 4.74 Å². The maximum Gasteiger partial charge on any atom is 0.101 e. The molecule has 0 aliphatic carbocycles. The lowest BCUT2D eigenvalue weighted by molar-refractivity contribution is 0.118. The van der Waals surface area contributed by atoms with Crippen molar-refractivity contribution >= 4 is 22.6 Å². The number of hydrogen-bond acceptors (Lipinski definition) is 2. The van der Waals surface area contributed by atoms with Gasteiger partial charge in [-0.15, -0.1) is 0 Å². The summed E-state index contributed by atoms with van der Waals surface area (Å²) in [6.45, 7) is 8.93. The minimum atomic E-state index is 0.630. The standard InChI is InChI=1S/C11H19IN2O/c1-4-5-15-8-11-10(12)7-14(13-11)6-9(2)3/h7,9H,4-6,8H2,1-3H3.